The van der Waals surface area contributed by atoms with Crippen LogP contribution >= 0.6 is 0 Å². The highest BCUT2D eigenvalue weighted by molar-refractivity contribution is 7.89. The van der Waals surface area contributed by atoms with Crippen LogP contribution in [0.25, 0.3) is 0 Å². The molecular formula is C21H28N2O6S. The van der Waals surface area contributed by atoms with Gasteiger partial charge in [0.25, 0.3) is 0 Å². The van der Waals surface area contributed by atoms with E-state index >= 15 is 0 Å². The Hall–Kier alpha value is -2.49. The van der Waals surface area contributed by atoms with Crippen LogP contribution in [0.4, 0.5) is 0 Å². The van der Waals surface area contributed by atoms with Gasteiger partial charge in [0.2, 0.25) is 10.0 Å². The van der Waals surface area contributed by atoms with Gasteiger partial charge >= 0.3 is 5.97 Å². The van der Waals surface area contributed by atoms with Gasteiger partial charge in [-0.25, -0.2) is 13.2 Å². The van der Waals surface area contributed by atoms with Crippen molar-refractivity contribution in [2.24, 2.45) is 0 Å². The maximum atomic E-state index is 13.3. The molecule has 164 valence electrons. The molecule has 1 aromatic heterocycles. The van der Waals surface area contributed by atoms with Gasteiger partial charge < -0.3 is 14.5 Å². The Bertz CT molecular complexity index is 998. The molecule has 2 rings (SSSR count). The summed E-state index contributed by atoms with van der Waals surface area (Å²) in [6.45, 7) is 6.88. The van der Waals surface area contributed by atoms with Gasteiger partial charge in [-0.3, -0.25) is 4.79 Å². The molecule has 0 aliphatic carbocycles. The number of sulfonamides is 1. The van der Waals surface area contributed by atoms with Crippen LogP contribution in [-0.2, 0) is 19.5 Å². The number of hydrogen-bond donors (Lipinski definition) is 1. The van der Waals surface area contributed by atoms with E-state index in [2.05, 4.69) is 4.98 Å². The quantitative estimate of drug-likeness (QED) is 0.453. The van der Waals surface area contributed by atoms with Gasteiger partial charge in [-0.1, -0.05) is 18.2 Å². The fourth-order valence-electron chi connectivity index (χ4n) is 3.30. The summed E-state index contributed by atoms with van der Waals surface area (Å²) in [6.07, 6.45) is 0. The number of hydrogen-bond acceptors (Lipinski definition) is 6. The summed E-state index contributed by atoms with van der Waals surface area (Å²) < 4.78 is 37.7. The number of nitrogens with one attached hydrogen (secondary N) is 1. The smallest absolute Gasteiger partial charge is 0.355 e. The number of nitrogens with zero attached hydrogens (tertiary/aromatic N) is 1. The highest BCUT2D eigenvalue weighted by atomic mass is 32.2. The van der Waals surface area contributed by atoms with Crippen molar-refractivity contribution in [3.05, 3.63) is 52.8 Å². The number of Topliss-reactive ketones (excluding diaryl/α,β-unsaturated/α-hetero) is 1. The first kappa shape index (κ1) is 23.8. The van der Waals surface area contributed by atoms with Crippen LogP contribution in [-0.4, -0.2) is 62.4 Å². The van der Waals surface area contributed by atoms with Crippen LogP contribution in [0, 0.1) is 13.8 Å². The molecule has 0 aliphatic heterocycles. The molecule has 1 heterocycles. The van der Waals surface area contributed by atoms with E-state index in [-0.39, 0.29) is 35.9 Å². The SMILES string of the molecule is CCOC(=O)c1[nH]c(C)c(C(=O)[C@@H](C)N(CCOC)S(=O)(=O)c2ccccc2)c1C. The molecule has 0 radical (unpaired) electrons. The van der Waals surface area contributed by atoms with Crippen molar-refractivity contribution < 1.29 is 27.5 Å². The minimum absolute atomic E-state index is 0.00782. The van der Waals surface area contributed by atoms with Crippen molar-refractivity contribution in [3.8, 4) is 0 Å². The average molecular weight is 437 g/mol. The molecule has 1 aromatic carbocycles. The van der Waals surface area contributed by atoms with Crippen molar-refractivity contribution in [2.45, 2.75) is 38.6 Å². The summed E-state index contributed by atoms with van der Waals surface area (Å²) in [5, 5.41) is 0. The predicted octanol–water partition coefficient (Wildman–Crippen LogP) is 2.72. The summed E-state index contributed by atoms with van der Waals surface area (Å²) in [6, 6.07) is 6.93. The number of benzene rings is 1. The lowest BCUT2D eigenvalue weighted by atomic mass is 10.0. The number of H-pyrrole nitrogens is 1. The van der Waals surface area contributed by atoms with Gasteiger partial charge in [0.1, 0.15) is 5.69 Å². The van der Waals surface area contributed by atoms with Crippen LogP contribution < -0.4 is 0 Å². The Kier molecular flexibility index (Phi) is 7.94. The van der Waals surface area contributed by atoms with Crippen molar-refractivity contribution in [3.63, 3.8) is 0 Å². The van der Waals surface area contributed by atoms with E-state index in [1.165, 1.54) is 26.2 Å². The van der Waals surface area contributed by atoms with Gasteiger partial charge in [0, 0.05) is 24.9 Å². The maximum Gasteiger partial charge on any atom is 0.355 e. The molecule has 0 fully saturated rings. The number of carbonyl (C=O) groups excluding carboxylic acids is 2. The van der Waals surface area contributed by atoms with E-state index in [9.17, 15) is 18.0 Å². The van der Waals surface area contributed by atoms with Gasteiger partial charge in [0.15, 0.2) is 5.78 Å². The Labute approximate surface area is 177 Å². The van der Waals surface area contributed by atoms with Gasteiger partial charge in [-0.15, -0.1) is 0 Å². The van der Waals surface area contributed by atoms with E-state index in [0.29, 0.717) is 11.3 Å². The Morgan fingerprint density at radius 1 is 1.17 bits per heavy atom. The Morgan fingerprint density at radius 3 is 2.37 bits per heavy atom. The zero-order valence-electron chi connectivity index (χ0n) is 17.9. The first-order valence-corrected chi connectivity index (χ1v) is 11.1. The minimum atomic E-state index is -3.94. The second kappa shape index (κ2) is 10.0. The zero-order valence-corrected chi connectivity index (χ0v) is 18.7. The summed E-state index contributed by atoms with van der Waals surface area (Å²) in [4.78, 5) is 28.5. The second-order valence-corrected chi connectivity index (χ2v) is 8.70. The third-order valence-corrected chi connectivity index (χ3v) is 6.82. The molecule has 0 amide bonds. The normalized spacial score (nSPS) is 12.7. The summed E-state index contributed by atoms with van der Waals surface area (Å²) in [5.74, 6) is -0.967. The molecule has 0 spiro atoms. The van der Waals surface area contributed by atoms with E-state index in [4.69, 9.17) is 9.47 Å². The first-order chi connectivity index (χ1) is 14.2. The highest BCUT2D eigenvalue weighted by Gasteiger charge is 2.35. The lowest BCUT2D eigenvalue weighted by molar-refractivity contribution is 0.0519. The third-order valence-electron chi connectivity index (χ3n) is 4.84. The second-order valence-electron chi connectivity index (χ2n) is 6.81. The van der Waals surface area contributed by atoms with Crippen LogP contribution in [0.1, 0.15) is 46.0 Å². The fourth-order valence-corrected chi connectivity index (χ4v) is 4.90. The van der Waals surface area contributed by atoms with E-state index < -0.39 is 27.8 Å². The van der Waals surface area contributed by atoms with Crippen molar-refractivity contribution in [1.82, 2.24) is 9.29 Å². The number of esters is 1. The van der Waals surface area contributed by atoms with Crippen LogP contribution in [0.3, 0.4) is 0 Å². The van der Waals surface area contributed by atoms with Gasteiger partial charge in [-0.2, -0.15) is 4.31 Å². The van der Waals surface area contributed by atoms with Gasteiger partial charge in [0.05, 0.1) is 24.2 Å². The van der Waals surface area contributed by atoms with E-state index in [1.807, 2.05) is 0 Å². The Morgan fingerprint density at radius 2 is 1.80 bits per heavy atom. The molecule has 0 saturated carbocycles. The molecule has 0 bridgehead atoms. The summed E-state index contributed by atoms with van der Waals surface area (Å²) >= 11 is 0. The van der Waals surface area contributed by atoms with Crippen molar-refractivity contribution >= 4 is 21.8 Å². The van der Waals surface area contributed by atoms with E-state index in [1.54, 1.807) is 39.0 Å². The fraction of sp³-hybridized carbons (Fsp3) is 0.429. The summed E-state index contributed by atoms with van der Waals surface area (Å²) in [7, 11) is -2.47. The van der Waals surface area contributed by atoms with Crippen molar-refractivity contribution in [2.75, 3.05) is 26.9 Å². The average Bonchev–Trinajstić information content (AvgIpc) is 3.02. The largest absolute Gasteiger partial charge is 0.461 e. The van der Waals surface area contributed by atoms with Crippen LogP contribution in [0.15, 0.2) is 35.2 Å². The van der Waals surface area contributed by atoms with Crippen LogP contribution in [0.2, 0.25) is 0 Å². The van der Waals surface area contributed by atoms with E-state index in [0.717, 1.165) is 4.31 Å². The zero-order chi connectivity index (χ0) is 22.5. The maximum absolute atomic E-state index is 13.3. The van der Waals surface area contributed by atoms with Crippen LogP contribution in [0.5, 0.6) is 0 Å². The standard InChI is InChI=1S/C21H28N2O6S/c1-6-29-21(25)19-14(2)18(15(3)22-19)20(24)16(4)23(12-13-28-5)30(26,27)17-10-8-7-9-11-17/h7-11,16,22H,6,12-13H2,1-5H3/t16-/m1/s1. The molecule has 9 heteroatoms. The molecule has 2 aromatic rings. The highest BCUT2D eigenvalue weighted by Crippen LogP contribution is 2.25. The third kappa shape index (κ3) is 4.80. The predicted molar refractivity (Wildman–Crippen MR) is 112 cm³/mol. The first-order valence-electron chi connectivity index (χ1n) is 9.63. The number of methoxy groups -OCH3 is 1. The molecule has 1 N–H and O–H groups in total. The lowest BCUT2D eigenvalue weighted by Gasteiger charge is -2.27. The van der Waals surface area contributed by atoms with Crippen molar-refractivity contribution in [1.29, 1.82) is 0 Å². The number of ether oxygens (including phenoxy) is 2. The lowest BCUT2D eigenvalue weighted by Crippen LogP contribution is -2.45. The van der Waals surface area contributed by atoms with Gasteiger partial charge in [-0.05, 0) is 45.4 Å². The number of carbonyl (C=O) groups is 2. The molecule has 0 saturated heterocycles. The number of aromatic amines is 1. The number of rotatable bonds is 10. The molecular weight excluding hydrogens is 408 g/mol. The topological polar surface area (TPSA) is 106 Å². The number of ketones is 1. The molecule has 0 unspecified atom stereocenters. The molecule has 0 aliphatic rings. The molecule has 8 nitrogen and oxygen atoms in total. The number of aryl methyl sites for hydroxylation is 1. The monoisotopic (exact) mass is 436 g/mol. The molecule has 30 heavy (non-hydrogen) atoms. The molecule has 1 atom stereocenters. The number of aromatic nitrogens is 1. The summed E-state index contributed by atoms with van der Waals surface area (Å²) in [5.41, 5.74) is 1.40. The minimum Gasteiger partial charge on any atom is -0.461 e. The Balaban J connectivity index is 2.45.